The molecule has 0 aliphatic heterocycles. The summed E-state index contributed by atoms with van der Waals surface area (Å²) < 4.78 is 6.06. The van der Waals surface area contributed by atoms with Crippen LogP contribution in [0.3, 0.4) is 0 Å². The van der Waals surface area contributed by atoms with Gasteiger partial charge in [-0.25, -0.2) is 4.98 Å². The largest absolute Gasteiger partial charge is 0.480 e. The van der Waals surface area contributed by atoms with E-state index in [4.69, 9.17) is 16.3 Å². The third kappa shape index (κ3) is 3.43. The summed E-state index contributed by atoms with van der Waals surface area (Å²) in [4.78, 5) is 9.72. The highest BCUT2D eigenvalue weighted by Crippen LogP contribution is 2.32. The Kier molecular flexibility index (Phi) is 5.13. The summed E-state index contributed by atoms with van der Waals surface area (Å²) in [6.45, 7) is 3.01. The van der Waals surface area contributed by atoms with E-state index in [2.05, 4.69) is 22.2 Å². The molecule has 102 valence electrons. The van der Waals surface area contributed by atoms with Crippen molar-refractivity contribution in [1.82, 2.24) is 15.3 Å². The lowest BCUT2D eigenvalue weighted by Crippen LogP contribution is -2.24. The van der Waals surface area contributed by atoms with Crippen LogP contribution in [-0.4, -0.2) is 23.6 Å². The molecule has 0 saturated carbocycles. The van der Waals surface area contributed by atoms with Gasteiger partial charge in [0.05, 0.1) is 17.5 Å². The van der Waals surface area contributed by atoms with E-state index in [1.165, 1.54) is 11.3 Å². The number of nitrogens with one attached hydrogen (secondary N) is 1. The summed E-state index contributed by atoms with van der Waals surface area (Å²) in [5, 5.41) is 3.46. The second-order valence-electron chi connectivity index (χ2n) is 3.98. The van der Waals surface area contributed by atoms with Gasteiger partial charge in [-0.2, -0.15) is 0 Å². The number of hydrogen-bond donors (Lipinski definition) is 1. The van der Waals surface area contributed by atoms with Crippen molar-refractivity contribution in [2.24, 2.45) is 0 Å². The van der Waals surface area contributed by atoms with Gasteiger partial charge in [-0.15, -0.1) is 11.3 Å². The fraction of sp³-hybridized carbons (Fsp3) is 0.385. The van der Waals surface area contributed by atoms with Gasteiger partial charge >= 0.3 is 0 Å². The van der Waals surface area contributed by atoms with Gasteiger partial charge in [0.25, 0.3) is 0 Å². The molecule has 0 radical (unpaired) electrons. The van der Waals surface area contributed by atoms with E-state index in [1.807, 2.05) is 12.1 Å². The lowest BCUT2D eigenvalue weighted by Gasteiger charge is -2.18. The molecule has 0 aliphatic carbocycles. The van der Waals surface area contributed by atoms with E-state index in [1.54, 1.807) is 19.5 Å². The zero-order chi connectivity index (χ0) is 13.7. The van der Waals surface area contributed by atoms with Crippen molar-refractivity contribution in [2.75, 3.05) is 13.7 Å². The second-order valence-corrected chi connectivity index (χ2v) is 5.73. The Bertz CT molecular complexity index is 532. The Balaban J connectivity index is 2.36. The molecule has 2 aromatic heterocycles. The monoisotopic (exact) mass is 297 g/mol. The number of methoxy groups -OCH3 is 1. The quantitative estimate of drug-likeness (QED) is 0.889. The van der Waals surface area contributed by atoms with Gasteiger partial charge in [0.1, 0.15) is 5.69 Å². The highest BCUT2D eigenvalue weighted by atomic mass is 35.5. The molecular weight excluding hydrogens is 282 g/mol. The highest BCUT2D eigenvalue weighted by Gasteiger charge is 2.21. The van der Waals surface area contributed by atoms with E-state index in [9.17, 15) is 0 Å². The molecule has 0 spiro atoms. The first-order valence-electron chi connectivity index (χ1n) is 6.09. The van der Waals surface area contributed by atoms with Gasteiger partial charge < -0.3 is 10.1 Å². The maximum Gasteiger partial charge on any atom is 0.237 e. The van der Waals surface area contributed by atoms with Crippen molar-refractivity contribution in [1.29, 1.82) is 0 Å². The molecule has 0 aliphatic rings. The van der Waals surface area contributed by atoms with Crippen LogP contribution in [-0.2, 0) is 0 Å². The lowest BCUT2D eigenvalue weighted by molar-refractivity contribution is 0.383. The number of rotatable bonds is 6. The topological polar surface area (TPSA) is 47.0 Å². The van der Waals surface area contributed by atoms with Crippen LogP contribution in [0.25, 0.3) is 0 Å². The molecule has 19 heavy (non-hydrogen) atoms. The molecular formula is C13H16ClN3OS. The number of aromatic nitrogens is 2. The Hall–Kier alpha value is -1.17. The Morgan fingerprint density at radius 2 is 2.16 bits per heavy atom. The van der Waals surface area contributed by atoms with Crippen LogP contribution in [0.2, 0.25) is 4.34 Å². The molecule has 1 unspecified atom stereocenters. The van der Waals surface area contributed by atoms with Gasteiger partial charge in [0, 0.05) is 17.3 Å². The Morgan fingerprint density at radius 3 is 2.79 bits per heavy atom. The zero-order valence-corrected chi connectivity index (χ0v) is 12.5. The summed E-state index contributed by atoms with van der Waals surface area (Å²) in [5.74, 6) is 0.542. The van der Waals surface area contributed by atoms with Crippen LogP contribution < -0.4 is 10.1 Å². The average Bonchev–Trinajstić information content (AvgIpc) is 2.86. The van der Waals surface area contributed by atoms with E-state index in [0.29, 0.717) is 5.88 Å². The molecule has 0 bridgehead atoms. The van der Waals surface area contributed by atoms with Gasteiger partial charge in [-0.1, -0.05) is 18.5 Å². The van der Waals surface area contributed by atoms with Crippen LogP contribution in [0.5, 0.6) is 5.88 Å². The highest BCUT2D eigenvalue weighted by molar-refractivity contribution is 7.16. The molecule has 0 saturated heterocycles. The van der Waals surface area contributed by atoms with Gasteiger partial charge in [0.2, 0.25) is 5.88 Å². The summed E-state index contributed by atoms with van der Waals surface area (Å²) >= 11 is 7.56. The summed E-state index contributed by atoms with van der Waals surface area (Å²) in [7, 11) is 1.60. The van der Waals surface area contributed by atoms with E-state index in [-0.39, 0.29) is 6.04 Å². The molecule has 1 N–H and O–H groups in total. The van der Waals surface area contributed by atoms with Crippen LogP contribution in [0, 0.1) is 0 Å². The standard InChI is InChI=1S/C13H16ClN3OS/c1-3-6-15-11(9-4-5-10(14)19-9)12-13(18-2)17-8-7-16-12/h4-5,7-8,11,15H,3,6H2,1-2H3. The SMILES string of the molecule is CCCNC(c1ccc(Cl)s1)c1nccnc1OC. The fourth-order valence-corrected chi connectivity index (χ4v) is 2.94. The molecule has 1 atom stereocenters. The van der Waals surface area contributed by atoms with E-state index in [0.717, 1.165) is 27.9 Å². The smallest absolute Gasteiger partial charge is 0.237 e. The molecule has 2 aromatic rings. The van der Waals surface area contributed by atoms with Crippen molar-refractivity contribution in [2.45, 2.75) is 19.4 Å². The fourth-order valence-electron chi connectivity index (χ4n) is 1.80. The number of ether oxygens (including phenoxy) is 1. The predicted molar refractivity (Wildman–Crippen MR) is 78.0 cm³/mol. The van der Waals surface area contributed by atoms with Crippen LogP contribution in [0.1, 0.15) is 30.0 Å². The summed E-state index contributed by atoms with van der Waals surface area (Å²) in [6, 6.07) is 3.86. The third-order valence-corrected chi connectivity index (χ3v) is 3.93. The van der Waals surface area contributed by atoms with Crippen molar-refractivity contribution >= 4 is 22.9 Å². The Morgan fingerprint density at radius 1 is 1.37 bits per heavy atom. The second kappa shape index (κ2) is 6.84. The molecule has 2 rings (SSSR count). The number of nitrogens with zero attached hydrogens (tertiary/aromatic N) is 2. The molecule has 0 amide bonds. The maximum atomic E-state index is 6.02. The lowest BCUT2D eigenvalue weighted by atomic mass is 10.1. The van der Waals surface area contributed by atoms with Gasteiger partial charge in [-0.05, 0) is 25.1 Å². The van der Waals surface area contributed by atoms with Crippen LogP contribution in [0.4, 0.5) is 0 Å². The van der Waals surface area contributed by atoms with Crippen LogP contribution >= 0.6 is 22.9 Å². The van der Waals surface area contributed by atoms with Gasteiger partial charge in [0.15, 0.2) is 0 Å². The minimum Gasteiger partial charge on any atom is -0.480 e. The number of hydrogen-bond acceptors (Lipinski definition) is 5. The first-order chi connectivity index (χ1) is 9.26. The maximum absolute atomic E-state index is 6.02. The molecule has 4 nitrogen and oxygen atoms in total. The minimum absolute atomic E-state index is 0.0406. The van der Waals surface area contributed by atoms with E-state index >= 15 is 0 Å². The third-order valence-electron chi connectivity index (χ3n) is 2.63. The zero-order valence-electron chi connectivity index (χ0n) is 10.9. The first kappa shape index (κ1) is 14.2. The molecule has 0 fully saturated rings. The minimum atomic E-state index is -0.0406. The van der Waals surface area contributed by atoms with Gasteiger partial charge in [-0.3, -0.25) is 4.98 Å². The molecule has 2 heterocycles. The molecule has 6 heteroatoms. The first-order valence-corrected chi connectivity index (χ1v) is 7.29. The number of thiophene rings is 1. The van der Waals surface area contributed by atoms with Crippen molar-refractivity contribution < 1.29 is 4.74 Å². The van der Waals surface area contributed by atoms with Crippen LogP contribution in [0.15, 0.2) is 24.5 Å². The summed E-state index contributed by atoms with van der Waals surface area (Å²) in [5.41, 5.74) is 0.789. The number of halogens is 1. The summed E-state index contributed by atoms with van der Waals surface area (Å²) in [6.07, 6.45) is 4.34. The van der Waals surface area contributed by atoms with Crippen molar-refractivity contribution in [3.8, 4) is 5.88 Å². The predicted octanol–water partition coefficient (Wildman–Crippen LogP) is 3.29. The Labute approximate surface area is 121 Å². The van der Waals surface area contributed by atoms with E-state index < -0.39 is 0 Å². The molecule has 0 aromatic carbocycles. The van der Waals surface area contributed by atoms with Crippen molar-refractivity contribution in [3.63, 3.8) is 0 Å². The van der Waals surface area contributed by atoms with Crippen molar-refractivity contribution in [3.05, 3.63) is 39.4 Å². The normalized spacial score (nSPS) is 12.4. The average molecular weight is 298 g/mol.